The molecule has 0 bridgehead atoms. The largest absolute Gasteiger partial charge is 0.496 e. The molecular weight excluding hydrogens is 391 g/mol. The molecule has 0 amide bonds. The van der Waals surface area contributed by atoms with Crippen molar-refractivity contribution in [2.45, 2.75) is 60.5 Å². The van der Waals surface area contributed by atoms with Crippen molar-refractivity contribution in [2.24, 2.45) is 17.3 Å². The van der Waals surface area contributed by atoms with Crippen LogP contribution in [0, 0.1) is 17.3 Å². The van der Waals surface area contributed by atoms with Crippen molar-refractivity contribution in [2.75, 3.05) is 14.2 Å². The predicted octanol–water partition coefficient (Wildman–Crippen LogP) is 5.12. The van der Waals surface area contributed by atoms with Crippen LogP contribution in [0.25, 0.3) is 0 Å². The van der Waals surface area contributed by atoms with Crippen molar-refractivity contribution in [1.82, 2.24) is 0 Å². The van der Waals surface area contributed by atoms with E-state index in [1.165, 1.54) is 23.3 Å². The van der Waals surface area contributed by atoms with E-state index in [2.05, 4.69) is 27.7 Å². The quantitative estimate of drug-likeness (QED) is 0.235. The minimum absolute atomic E-state index is 0.108. The summed E-state index contributed by atoms with van der Waals surface area (Å²) in [5.41, 5.74) is 0.396. The molecular formula is C22H36O6P+. The van der Waals surface area contributed by atoms with E-state index < -0.39 is 11.9 Å². The Morgan fingerprint density at radius 2 is 1.48 bits per heavy atom. The molecule has 0 aromatic heterocycles. The van der Waals surface area contributed by atoms with Gasteiger partial charge >= 0.3 is 15.1 Å². The first-order valence-electron chi connectivity index (χ1n) is 9.69. The normalized spacial score (nSPS) is 13.0. The number of ketones is 1. The molecule has 1 aromatic rings. The zero-order valence-corrected chi connectivity index (χ0v) is 20.1. The molecule has 3 atom stereocenters. The van der Waals surface area contributed by atoms with E-state index in [1.807, 2.05) is 0 Å². The number of benzene rings is 1. The lowest BCUT2D eigenvalue weighted by atomic mass is 9.80. The van der Waals surface area contributed by atoms with E-state index in [9.17, 15) is 9.59 Å². The zero-order chi connectivity index (χ0) is 22.8. The third-order valence-electron chi connectivity index (χ3n) is 4.23. The number of Topliss-reactive ketones (excluding diaryl/α,β-unsaturated/α-hetero) is 1. The van der Waals surface area contributed by atoms with Gasteiger partial charge in [-0.25, -0.2) is 0 Å². The lowest BCUT2D eigenvalue weighted by Gasteiger charge is -2.26. The number of carbonyl (C=O) groups is 2. The Hall–Kier alpha value is -1.94. The molecule has 1 rings (SSSR count). The molecule has 0 spiro atoms. The van der Waals surface area contributed by atoms with Gasteiger partial charge in [-0.15, -0.1) is 0 Å². The van der Waals surface area contributed by atoms with E-state index in [-0.39, 0.29) is 28.8 Å². The molecule has 0 heterocycles. The zero-order valence-electron chi connectivity index (χ0n) is 18.9. The number of carbonyl (C=O) groups excluding carboxylic acids is 2. The third-order valence-corrected chi connectivity index (χ3v) is 4.23. The van der Waals surface area contributed by atoms with Gasteiger partial charge in [0.15, 0.2) is 5.78 Å². The van der Waals surface area contributed by atoms with Crippen LogP contribution >= 0.6 is 9.12 Å². The monoisotopic (exact) mass is 427 g/mol. The summed E-state index contributed by atoms with van der Waals surface area (Å²) in [5.74, 6) is -0.746. The SMILES string of the molecule is COc1cccc(OC)c1C(=O)C(CC(C)CC(C)(C)C)C(=O)OC(C)C.O=[PH2+]. The maximum absolute atomic E-state index is 13.4. The fourth-order valence-electron chi connectivity index (χ4n) is 3.42. The van der Waals surface area contributed by atoms with Gasteiger partial charge in [0.05, 0.1) is 20.3 Å². The molecule has 0 saturated heterocycles. The Balaban J connectivity index is 0.00000379. The summed E-state index contributed by atoms with van der Waals surface area (Å²) in [6.07, 6.45) is 1.03. The Kier molecular flexibility index (Phi) is 11.7. The summed E-state index contributed by atoms with van der Waals surface area (Å²) in [4.78, 5) is 26.1. The van der Waals surface area contributed by atoms with E-state index in [0.717, 1.165) is 6.42 Å². The molecule has 1 aromatic carbocycles. The van der Waals surface area contributed by atoms with Gasteiger partial charge in [0.25, 0.3) is 0 Å². The lowest BCUT2D eigenvalue weighted by molar-refractivity contribution is -0.151. The highest BCUT2D eigenvalue weighted by Gasteiger charge is 2.35. The van der Waals surface area contributed by atoms with Gasteiger partial charge in [-0.2, -0.15) is 0 Å². The lowest BCUT2D eigenvalue weighted by Crippen LogP contribution is -2.31. The molecule has 3 unspecified atom stereocenters. The Morgan fingerprint density at radius 3 is 1.86 bits per heavy atom. The van der Waals surface area contributed by atoms with Crippen molar-refractivity contribution in [3.8, 4) is 11.5 Å². The van der Waals surface area contributed by atoms with Crippen LogP contribution in [0.2, 0.25) is 0 Å². The Labute approximate surface area is 176 Å². The van der Waals surface area contributed by atoms with Gasteiger partial charge in [-0.3, -0.25) is 9.59 Å². The Morgan fingerprint density at radius 1 is 1.00 bits per heavy atom. The molecule has 164 valence electrons. The van der Waals surface area contributed by atoms with Gasteiger partial charge in [0.1, 0.15) is 23.0 Å². The highest BCUT2D eigenvalue weighted by molar-refractivity contribution is 7.00. The van der Waals surface area contributed by atoms with Gasteiger partial charge in [-0.1, -0.05) is 38.3 Å². The highest BCUT2D eigenvalue weighted by atomic mass is 31.0. The molecule has 0 radical (unpaired) electrons. The van der Waals surface area contributed by atoms with Gasteiger partial charge in [0, 0.05) is 0 Å². The average Bonchev–Trinajstić information content (AvgIpc) is 2.64. The summed E-state index contributed by atoms with van der Waals surface area (Å²) in [7, 11) is 4.16. The van der Waals surface area contributed by atoms with Crippen LogP contribution in [0.5, 0.6) is 11.5 Å². The van der Waals surface area contributed by atoms with E-state index >= 15 is 0 Å². The summed E-state index contributed by atoms with van der Waals surface area (Å²) in [5, 5.41) is 0. The second-order valence-corrected chi connectivity index (χ2v) is 8.55. The molecule has 0 N–H and O–H groups in total. The van der Waals surface area contributed by atoms with Gasteiger partial charge < -0.3 is 14.2 Å². The van der Waals surface area contributed by atoms with Crippen molar-refractivity contribution >= 4 is 20.9 Å². The molecule has 29 heavy (non-hydrogen) atoms. The van der Waals surface area contributed by atoms with Crippen molar-refractivity contribution in [1.29, 1.82) is 0 Å². The second kappa shape index (κ2) is 12.6. The third kappa shape index (κ3) is 8.95. The van der Waals surface area contributed by atoms with Gasteiger partial charge in [-0.05, 0) is 50.2 Å². The molecule has 0 aliphatic heterocycles. The molecule has 0 aliphatic carbocycles. The fourth-order valence-corrected chi connectivity index (χ4v) is 3.42. The smallest absolute Gasteiger partial charge is 0.317 e. The van der Waals surface area contributed by atoms with Gasteiger partial charge in [0.2, 0.25) is 0 Å². The van der Waals surface area contributed by atoms with Crippen molar-refractivity contribution in [3.63, 3.8) is 0 Å². The first-order valence-corrected chi connectivity index (χ1v) is 10.2. The number of hydrogen-bond acceptors (Lipinski definition) is 6. The van der Waals surface area contributed by atoms with Crippen LogP contribution < -0.4 is 9.47 Å². The maximum Gasteiger partial charge on any atom is 0.317 e. The first-order chi connectivity index (χ1) is 13.5. The second-order valence-electron chi connectivity index (χ2n) is 8.55. The van der Waals surface area contributed by atoms with Crippen LogP contribution in [-0.4, -0.2) is 32.1 Å². The summed E-state index contributed by atoms with van der Waals surface area (Å²) >= 11 is 0. The predicted molar refractivity (Wildman–Crippen MR) is 117 cm³/mol. The number of methoxy groups -OCH3 is 2. The number of hydrogen-bond donors (Lipinski definition) is 0. The highest BCUT2D eigenvalue weighted by Crippen LogP contribution is 2.35. The molecule has 0 fully saturated rings. The molecule has 6 nitrogen and oxygen atoms in total. The summed E-state index contributed by atoms with van der Waals surface area (Å²) < 4.78 is 24.3. The Bertz CT molecular complexity index is 644. The van der Waals surface area contributed by atoms with Crippen LogP contribution in [0.4, 0.5) is 0 Å². The number of esters is 1. The van der Waals surface area contributed by atoms with Crippen LogP contribution in [0.15, 0.2) is 18.2 Å². The average molecular weight is 427 g/mol. The molecule has 7 heteroatoms. The van der Waals surface area contributed by atoms with Crippen LogP contribution in [-0.2, 0) is 14.1 Å². The fraction of sp³-hybridized carbons (Fsp3) is 0.636. The first kappa shape index (κ1) is 27.1. The van der Waals surface area contributed by atoms with E-state index in [4.69, 9.17) is 18.8 Å². The van der Waals surface area contributed by atoms with E-state index in [0.29, 0.717) is 17.9 Å². The van der Waals surface area contributed by atoms with Crippen LogP contribution in [0.1, 0.15) is 64.7 Å². The maximum atomic E-state index is 13.4. The van der Waals surface area contributed by atoms with Crippen LogP contribution in [0.3, 0.4) is 0 Å². The molecule has 0 aliphatic rings. The summed E-state index contributed by atoms with van der Waals surface area (Å²) in [6.45, 7) is 12.1. The standard InChI is InChI=1S/C22H34O5.H2OP/c1-14(2)27-21(24)16(12-15(3)13-22(4,5)6)20(23)19-17(25-7)10-9-11-18(19)26-8;1-2/h9-11,14-16H,12-13H2,1-8H3;2H2/q;+1. The topological polar surface area (TPSA) is 78.9 Å². The minimum atomic E-state index is -0.894. The van der Waals surface area contributed by atoms with E-state index in [1.54, 1.807) is 32.0 Å². The van der Waals surface area contributed by atoms with Crippen molar-refractivity contribution < 1.29 is 28.4 Å². The minimum Gasteiger partial charge on any atom is -0.496 e. The summed E-state index contributed by atoms with van der Waals surface area (Å²) in [6, 6.07) is 5.14. The number of ether oxygens (including phenoxy) is 3. The van der Waals surface area contributed by atoms with Crippen molar-refractivity contribution in [3.05, 3.63) is 23.8 Å². The molecule has 0 saturated carbocycles. The number of rotatable bonds is 9.